The lowest BCUT2D eigenvalue weighted by molar-refractivity contribution is 0.177. The number of rotatable bonds is 7. The number of carbonyl (C=O) groups excluding carboxylic acids is 1. The van der Waals surface area contributed by atoms with E-state index in [4.69, 9.17) is 9.72 Å². The summed E-state index contributed by atoms with van der Waals surface area (Å²) in [5.74, 6) is 0.0437. The minimum absolute atomic E-state index is 0.176. The van der Waals surface area contributed by atoms with Crippen molar-refractivity contribution in [1.29, 1.82) is 0 Å². The maximum atomic E-state index is 13.4. The summed E-state index contributed by atoms with van der Waals surface area (Å²) in [7, 11) is 3.19. The normalized spacial score (nSPS) is 12.0. The zero-order valence-corrected chi connectivity index (χ0v) is 17.3. The zero-order chi connectivity index (χ0) is 21.7. The van der Waals surface area contributed by atoms with Crippen molar-refractivity contribution in [3.05, 3.63) is 70.5 Å². The Morgan fingerprint density at radius 1 is 1.27 bits per heavy atom. The monoisotopic (exact) mass is 412 g/mol. The van der Waals surface area contributed by atoms with Crippen LogP contribution < -0.4 is 10.9 Å². The van der Waals surface area contributed by atoms with Gasteiger partial charge in [-0.2, -0.15) is 0 Å². The number of urea groups is 1. The molecule has 0 aliphatic carbocycles. The lowest BCUT2D eigenvalue weighted by Crippen LogP contribution is -2.39. The van der Waals surface area contributed by atoms with E-state index in [1.165, 1.54) is 23.1 Å². The number of carbonyl (C=O) groups is 1. The Morgan fingerprint density at radius 2 is 2.03 bits per heavy atom. The molecule has 7 nitrogen and oxygen atoms in total. The van der Waals surface area contributed by atoms with Crippen LogP contribution in [0.15, 0.2) is 53.3 Å². The summed E-state index contributed by atoms with van der Waals surface area (Å²) in [6.45, 7) is 2.57. The fourth-order valence-corrected chi connectivity index (χ4v) is 3.39. The highest BCUT2D eigenvalue weighted by Crippen LogP contribution is 2.23. The van der Waals surface area contributed by atoms with E-state index in [0.29, 0.717) is 42.0 Å². The topological polar surface area (TPSA) is 76.5 Å². The molecule has 0 aliphatic rings. The van der Waals surface area contributed by atoms with Crippen LogP contribution in [0.25, 0.3) is 10.9 Å². The minimum Gasteiger partial charge on any atom is -0.383 e. The Morgan fingerprint density at radius 3 is 2.73 bits per heavy atom. The molecule has 158 valence electrons. The van der Waals surface area contributed by atoms with Crippen molar-refractivity contribution < 1.29 is 13.9 Å². The van der Waals surface area contributed by atoms with E-state index in [2.05, 4.69) is 5.32 Å². The molecule has 2 amide bonds. The first kappa shape index (κ1) is 21.4. The van der Waals surface area contributed by atoms with Crippen LogP contribution in [-0.4, -0.2) is 41.2 Å². The van der Waals surface area contributed by atoms with Crippen LogP contribution in [0, 0.1) is 5.82 Å². The summed E-state index contributed by atoms with van der Waals surface area (Å²) in [6.07, 6.45) is 0.533. The number of hydrogen-bond acceptors (Lipinski definition) is 4. The molecule has 0 saturated heterocycles. The van der Waals surface area contributed by atoms with Gasteiger partial charge in [-0.15, -0.1) is 0 Å². The molecule has 0 radical (unpaired) electrons. The van der Waals surface area contributed by atoms with E-state index in [1.807, 2.05) is 13.0 Å². The molecule has 8 heteroatoms. The highest BCUT2D eigenvalue weighted by atomic mass is 19.1. The van der Waals surface area contributed by atoms with Gasteiger partial charge in [0.1, 0.15) is 11.6 Å². The number of fused-ring (bicyclic) bond motifs is 1. The number of methoxy groups -OCH3 is 1. The molecule has 1 aromatic heterocycles. The van der Waals surface area contributed by atoms with Crippen molar-refractivity contribution in [1.82, 2.24) is 14.5 Å². The molecule has 1 unspecified atom stereocenters. The maximum Gasteiger partial charge on any atom is 0.322 e. The Bertz CT molecular complexity index is 1100. The fourth-order valence-electron chi connectivity index (χ4n) is 3.39. The van der Waals surface area contributed by atoms with Gasteiger partial charge in [0.2, 0.25) is 0 Å². The second-order valence-electron chi connectivity index (χ2n) is 6.91. The van der Waals surface area contributed by atoms with E-state index >= 15 is 0 Å². The molecule has 30 heavy (non-hydrogen) atoms. The third-order valence-corrected chi connectivity index (χ3v) is 4.96. The van der Waals surface area contributed by atoms with Gasteiger partial charge in [0.05, 0.1) is 30.1 Å². The Hall–Kier alpha value is -3.26. The van der Waals surface area contributed by atoms with Crippen molar-refractivity contribution in [3.63, 3.8) is 0 Å². The second-order valence-corrected chi connectivity index (χ2v) is 6.91. The number of nitrogens with one attached hydrogen (secondary N) is 1. The number of amides is 2. The van der Waals surface area contributed by atoms with Crippen LogP contribution in [0.3, 0.4) is 0 Å². The number of nitrogens with zero attached hydrogens (tertiary/aromatic N) is 3. The molecular weight excluding hydrogens is 387 g/mol. The van der Waals surface area contributed by atoms with Gasteiger partial charge < -0.3 is 15.0 Å². The molecule has 0 spiro atoms. The number of ether oxygens (including phenoxy) is 1. The molecule has 3 aromatic rings. The van der Waals surface area contributed by atoms with E-state index in [0.717, 1.165) is 0 Å². The summed E-state index contributed by atoms with van der Waals surface area (Å²) in [6, 6.07) is 11.9. The van der Waals surface area contributed by atoms with Crippen molar-refractivity contribution in [2.75, 3.05) is 26.1 Å². The van der Waals surface area contributed by atoms with Gasteiger partial charge in [0.25, 0.3) is 5.56 Å². The van der Waals surface area contributed by atoms with Crippen molar-refractivity contribution >= 4 is 22.6 Å². The van der Waals surface area contributed by atoms with Crippen LogP contribution in [0.5, 0.6) is 0 Å². The fraction of sp³-hybridized carbons (Fsp3) is 0.318. The number of aromatic nitrogens is 2. The smallest absolute Gasteiger partial charge is 0.322 e. The Kier molecular flexibility index (Phi) is 6.79. The van der Waals surface area contributed by atoms with E-state index < -0.39 is 17.9 Å². The average molecular weight is 412 g/mol. The highest BCUT2D eigenvalue weighted by Gasteiger charge is 2.26. The molecule has 0 aliphatic heterocycles. The van der Waals surface area contributed by atoms with E-state index in [-0.39, 0.29) is 5.56 Å². The first-order valence-electron chi connectivity index (χ1n) is 9.74. The van der Waals surface area contributed by atoms with Crippen molar-refractivity contribution in [3.8, 4) is 0 Å². The lowest BCUT2D eigenvalue weighted by atomic mass is 10.1. The number of hydrogen-bond donors (Lipinski definition) is 1. The van der Waals surface area contributed by atoms with Gasteiger partial charge in [0, 0.05) is 19.8 Å². The molecule has 1 heterocycles. The van der Waals surface area contributed by atoms with Crippen LogP contribution in [0.1, 0.15) is 25.2 Å². The molecule has 0 saturated carbocycles. The molecule has 0 fully saturated rings. The van der Waals surface area contributed by atoms with Crippen LogP contribution >= 0.6 is 0 Å². The van der Waals surface area contributed by atoms with Crippen molar-refractivity contribution in [2.24, 2.45) is 0 Å². The lowest BCUT2D eigenvalue weighted by Gasteiger charge is -2.29. The summed E-state index contributed by atoms with van der Waals surface area (Å²) in [5.41, 5.74) is 0.749. The molecule has 3 rings (SSSR count). The third kappa shape index (κ3) is 4.49. The number of halogens is 1. The van der Waals surface area contributed by atoms with Gasteiger partial charge >= 0.3 is 6.03 Å². The molecule has 1 atom stereocenters. The Balaban J connectivity index is 1.99. The average Bonchev–Trinajstić information content (AvgIpc) is 2.74. The SMILES string of the molecule is CCC(c1nc2ccccc2c(=O)n1CCOC)N(C)C(=O)Nc1cccc(F)c1. The number of benzene rings is 2. The second kappa shape index (κ2) is 9.49. The predicted octanol–water partition coefficient (Wildman–Crippen LogP) is 3.80. The summed E-state index contributed by atoms with van der Waals surface area (Å²) >= 11 is 0. The van der Waals surface area contributed by atoms with Crippen molar-refractivity contribution in [2.45, 2.75) is 25.9 Å². The van der Waals surface area contributed by atoms with Gasteiger partial charge in [-0.05, 0) is 36.8 Å². The van der Waals surface area contributed by atoms with Crippen LogP contribution in [-0.2, 0) is 11.3 Å². The zero-order valence-electron chi connectivity index (χ0n) is 17.3. The quantitative estimate of drug-likeness (QED) is 0.640. The van der Waals surface area contributed by atoms with Gasteiger partial charge in [-0.1, -0.05) is 25.1 Å². The first-order chi connectivity index (χ1) is 14.5. The summed E-state index contributed by atoms with van der Waals surface area (Å²) < 4.78 is 20.2. The van der Waals surface area contributed by atoms with Crippen LogP contribution in [0.4, 0.5) is 14.9 Å². The van der Waals surface area contributed by atoms with Gasteiger partial charge in [-0.3, -0.25) is 9.36 Å². The minimum atomic E-state index is -0.465. The molecule has 1 N–H and O–H groups in total. The van der Waals surface area contributed by atoms with E-state index in [1.54, 1.807) is 43.0 Å². The summed E-state index contributed by atoms with van der Waals surface area (Å²) in [5, 5.41) is 3.20. The van der Waals surface area contributed by atoms with Gasteiger partial charge in [0.15, 0.2) is 0 Å². The molecule has 0 bridgehead atoms. The van der Waals surface area contributed by atoms with Gasteiger partial charge in [-0.25, -0.2) is 14.2 Å². The Labute approximate surface area is 174 Å². The third-order valence-electron chi connectivity index (χ3n) is 4.96. The molecular formula is C22H25FN4O3. The first-order valence-corrected chi connectivity index (χ1v) is 9.74. The standard InChI is InChI=1S/C22H25FN4O3/c1-4-19(26(2)22(29)24-16-9-7-8-15(23)14-16)20-25-18-11-6-5-10-17(18)21(28)27(20)12-13-30-3/h5-11,14,19H,4,12-13H2,1-3H3,(H,24,29). The number of para-hydroxylation sites is 1. The van der Waals surface area contributed by atoms with Crippen LogP contribution in [0.2, 0.25) is 0 Å². The predicted molar refractivity (Wildman–Crippen MR) is 114 cm³/mol. The highest BCUT2D eigenvalue weighted by molar-refractivity contribution is 5.89. The number of anilines is 1. The summed E-state index contributed by atoms with van der Waals surface area (Å²) in [4.78, 5) is 32.1. The largest absolute Gasteiger partial charge is 0.383 e. The maximum absolute atomic E-state index is 13.4. The van der Waals surface area contributed by atoms with E-state index in [9.17, 15) is 14.0 Å². The molecule has 2 aromatic carbocycles.